The van der Waals surface area contributed by atoms with Gasteiger partial charge in [-0.2, -0.15) is 0 Å². The lowest BCUT2D eigenvalue weighted by Gasteiger charge is -2.14. The number of nitrogens with zero attached hydrogens (tertiary/aromatic N) is 3. The molecule has 9 heteroatoms. The number of nitrogens with two attached hydrogens (primary N) is 1. The van der Waals surface area contributed by atoms with Crippen molar-refractivity contribution >= 4 is 34.5 Å². The third-order valence-corrected chi connectivity index (χ3v) is 3.66. The van der Waals surface area contributed by atoms with Gasteiger partial charge in [-0.05, 0) is 25.5 Å². The number of H-pyrrole nitrogens is 1. The van der Waals surface area contributed by atoms with Gasteiger partial charge >= 0.3 is 5.97 Å². The molecule has 4 N–H and O–H groups in total. The number of esters is 1. The summed E-state index contributed by atoms with van der Waals surface area (Å²) < 4.78 is 5.20. The molecule has 3 rings (SSSR count). The topological polar surface area (TPSA) is 136 Å². The van der Waals surface area contributed by atoms with Crippen LogP contribution in [0.25, 0.3) is 11.2 Å². The summed E-state index contributed by atoms with van der Waals surface area (Å²) >= 11 is 0. The third kappa shape index (κ3) is 3.25. The minimum absolute atomic E-state index is 0.220. The van der Waals surface area contributed by atoms with Gasteiger partial charge in [0.25, 0.3) is 5.91 Å². The molecular weight excluding hydrogens is 324 g/mol. The SMILES string of the molecule is Cc1cccc(C(=O)OC(C)C(=O)Nc2ncnc3nc[nH]c23)c1N. The molecule has 0 aliphatic rings. The maximum absolute atomic E-state index is 12.3. The van der Waals surface area contributed by atoms with E-state index >= 15 is 0 Å². The van der Waals surface area contributed by atoms with Gasteiger partial charge < -0.3 is 20.8 Å². The number of nitrogens with one attached hydrogen (secondary N) is 2. The van der Waals surface area contributed by atoms with Crippen molar-refractivity contribution in [2.45, 2.75) is 20.0 Å². The lowest BCUT2D eigenvalue weighted by molar-refractivity contribution is -0.123. The van der Waals surface area contributed by atoms with Crippen molar-refractivity contribution in [3.8, 4) is 0 Å². The summed E-state index contributed by atoms with van der Waals surface area (Å²) in [5, 5.41) is 2.58. The number of anilines is 2. The van der Waals surface area contributed by atoms with E-state index in [0.717, 1.165) is 5.56 Å². The minimum atomic E-state index is -1.04. The van der Waals surface area contributed by atoms with Gasteiger partial charge in [0.2, 0.25) is 0 Å². The molecule has 1 aromatic carbocycles. The minimum Gasteiger partial charge on any atom is -0.449 e. The van der Waals surface area contributed by atoms with E-state index < -0.39 is 18.0 Å². The van der Waals surface area contributed by atoms with E-state index in [1.165, 1.54) is 19.6 Å². The number of benzene rings is 1. The Labute approximate surface area is 142 Å². The molecule has 0 aliphatic heterocycles. The van der Waals surface area contributed by atoms with Crippen molar-refractivity contribution in [3.63, 3.8) is 0 Å². The van der Waals surface area contributed by atoms with Gasteiger partial charge in [-0.3, -0.25) is 4.79 Å². The summed E-state index contributed by atoms with van der Waals surface area (Å²) in [7, 11) is 0. The Hall–Kier alpha value is -3.49. The molecule has 2 heterocycles. The lowest BCUT2D eigenvalue weighted by atomic mass is 10.1. The number of rotatable bonds is 4. The van der Waals surface area contributed by atoms with E-state index in [1.807, 2.05) is 0 Å². The molecule has 0 bridgehead atoms. The Balaban J connectivity index is 1.71. The van der Waals surface area contributed by atoms with Crippen LogP contribution in [0.5, 0.6) is 0 Å². The zero-order chi connectivity index (χ0) is 18.0. The molecule has 2 aromatic heterocycles. The first-order chi connectivity index (χ1) is 12.0. The smallest absolute Gasteiger partial charge is 0.341 e. The standard InChI is InChI=1S/C16H16N6O3/c1-8-4-3-5-10(11(8)17)16(24)25-9(2)15(23)22-14-12-13(19-6-18-12)20-7-21-14/h3-7,9H,17H2,1-2H3,(H2,18,19,20,21,22,23). The van der Waals surface area contributed by atoms with Gasteiger partial charge in [0.05, 0.1) is 11.9 Å². The van der Waals surface area contributed by atoms with Gasteiger partial charge in [-0.15, -0.1) is 0 Å². The lowest BCUT2D eigenvalue weighted by Crippen LogP contribution is -2.30. The van der Waals surface area contributed by atoms with Crippen LogP contribution in [0, 0.1) is 6.92 Å². The summed E-state index contributed by atoms with van der Waals surface area (Å²) in [5.74, 6) is -0.946. The van der Waals surface area contributed by atoms with Crippen LogP contribution in [0.2, 0.25) is 0 Å². The third-order valence-electron chi connectivity index (χ3n) is 3.66. The Morgan fingerprint density at radius 2 is 2.08 bits per heavy atom. The maximum Gasteiger partial charge on any atom is 0.341 e. The average Bonchev–Trinajstić information content (AvgIpc) is 3.06. The fourth-order valence-electron chi connectivity index (χ4n) is 2.21. The number of amides is 1. The molecule has 0 saturated carbocycles. The largest absolute Gasteiger partial charge is 0.449 e. The number of carbonyl (C=O) groups is 2. The molecule has 25 heavy (non-hydrogen) atoms. The zero-order valence-corrected chi connectivity index (χ0v) is 13.6. The molecule has 0 spiro atoms. The number of hydrogen-bond acceptors (Lipinski definition) is 7. The highest BCUT2D eigenvalue weighted by Gasteiger charge is 2.22. The first kappa shape index (κ1) is 16.4. The fraction of sp³-hybridized carbons (Fsp3) is 0.188. The first-order valence-electron chi connectivity index (χ1n) is 7.48. The van der Waals surface area contributed by atoms with Crippen LogP contribution < -0.4 is 11.1 Å². The van der Waals surface area contributed by atoms with Gasteiger partial charge in [0.15, 0.2) is 17.6 Å². The molecule has 0 fully saturated rings. The Morgan fingerprint density at radius 1 is 1.28 bits per heavy atom. The number of nitrogen functional groups attached to an aromatic ring is 1. The summed E-state index contributed by atoms with van der Waals surface area (Å²) in [5.41, 5.74) is 8.09. The molecule has 0 radical (unpaired) electrons. The molecule has 0 saturated heterocycles. The average molecular weight is 340 g/mol. The molecule has 128 valence electrons. The van der Waals surface area contributed by atoms with E-state index in [4.69, 9.17) is 10.5 Å². The number of carbonyl (C=O) groups excluding carboxylic acids is 2. The number of aromatic nitrogens is 4. The second-order valence-electron chi connectivity index (χ2n) is 5.40. The monoisotopic (exact) mass is 340 g/mol. The molecule has 1 amide bonds. The van der Waals surface area contributed by atoms with Crippen molar-refractivity contribution in [2.75, 3.05) is 11.1 Å². The fourth-order valence-corrected chi connectivity index (χ4v) is 2.21. The van der Waals surface area contributed by atoms with Crippen molar-refractivity contribution < 1.29 is 14.3 Å². The van der Waals surface area contributed by atoms with Crippen molar-refractivity contribution in [1.29, 1.82) is 0 Å². The molecule has 3 aromatic rings. The second-order valence-corrected chi connectivity index (χ2v) is 5.40. The van der Waals surface area contributed by atoms with Crippen LogP contribution in [0.1, 0.15) is 22.8 Å². The van der Waals surface area contributed by atoms with Crippen LogP contribution in [0.3, 0.4) is 0 Å². The molecule has 0 aliphatic carbocycles. The van der Waals surface area contributed by atoms with E-state index in [2.05, 4.69) is 25.3 Å². The first-order valence-corrected chi connectivity index (χ1v) is 7.48. The summed E-state index contributed by atoms with van der Waals surface area (Å²) in [6.07, 6.45) is 1.68. The van der Waals surface area contributed by atoms with Gasteiger partial charge in [0.1, 0.15) is 11.8 Å². The number of ether oxygens (including phenoxy) is 1. The van der Waals surface area contributed by atoms with E-state index in [-0.39, 0.29) is 11.4 Å². The predicted octanol–water partition coefficient (Wildman–Crippen LogP) is 1.43. The van der Waals surface area contributed by atoms with Gasteiger partial charge in [-0.1, -0.05) is 12.1 Å². The van der Waals surface area contributed by atoms with Crippen molar-refractivity contribution in [2.24, 2.45) is 0 Å². The highest BCUT2D eigenvalue weighted by molar-refractivity contribution is 6.01. The van der Waals surface area contributed by atoms with Crippen LogP contribution in [-0.4, -0.2) is 37.9 Å². The normalized spacial score (nSPS) is 11.9. The van der Waals surface area contributed by atoms with Crippen molar-refractivity contribution in [3.05, 3.63) is 42.0 Å². The Morgan fingerprint density at radius 3 is 2.88 bits per heavy atom. The number of aromatic amines is 1. The quantitative estimate of drug-likeness (QED) is 0.483. The zero-order valence-electron chi connectivity index (χ0n) is 13.6. The maximum atomic E-state index is 12.3. The van der Waals surface area contributed by atoms with Crippen LogP contribution in [-0.2, 0) is 9.53 Å². The predicted molar refractivity (Wildman–Crippen MR) is 90.8 cm³/mol. The molecule has 9 nitrogen and oxygen atoms in total. The summed E-state index contributed by atoms with van der Waals surface area (Å²) in [6.45, 7) is 3.25. The van der Waals surface area contributed by atoms with Gasteiger partial charge in [-0.25, -0.2) is 19.7 Å². The van der Waals surface area contributed by atoms with E-state index in [0.29, 0.717) is 16.9 Å². The van der Waals surface area contributed by atoms with Crippen LogP contribution in [0.15, 0.2) is 30.9 Å². The van der Waals surface area contributed by atoms with Crippen LogP contribution >= 0.6 is 0 Å². The van der Waals surface area contributed by atoms with E-state index in [9.17, 15) is 9.59 Å². The number of aryl methyl sites for hydroxylation is 1. The molecular formula is C16H16N6O3. The highest BCUT2D eigenvalue weighted by Crippen LogP contribution is 2.19. The number of fused-ring (bicyclic) bond motifs is 1. The Kier molecular flexibility index (Phi) is 4.29. The van der Waals surface area contributed by atoms with Crippen LogP contribution in [0.4, 0.5) is 11.5 Å². The van der Waals surface area contributed by atoms with Gasteiger partial charge in [0, 0.05) is 5.69 Å². The number of hydrogen-bond donors (Lipinski definition) is 3. The highest BCUT2D eigenvalue weighted by atomic mass is 16.5. The number of imidazole rings is 1. The second kappa shape index (κ2) is 6.56. The number of para-hydroxylation sites is 1. The van der Waals surface area contributed by atoms with Crippen molar-refractivity contribution in [1.82, 2.24) is 19.9 Å². The molecule has 1 unspecified atom stereocenters. The summed E-state index contributed by atoms with van der Waals surface area (Å²) in [6, 6.07) is 5.03. The Bertz CT molecular complexity index is 952. The summed E-state index contributed by atoms with van der Waals surface area (Å²) in [4.78, 5) is 39.3. The molecule has 1 atom stereocenters. The van der Waals surface area contributed by atoms with E-state index in [1.54, 1.807) is 25.1 Å².